The van der Waals surface area contributed by atoms with E-state index in [2.05, 4.69) is 25.5 Å². The highest BCUT2D eigenvalue weighted by molar-refractivity contribution is 5.86. The topological polar surface area (TPSA) is 43.4 Å². The van der Waals surface area contributed by atoms with Crippen LogP contribution in [0.5, 0.6) is 0 Å². The third-order valence-electron chi connectivity index (χ3n) is 4.54. The van der Waals surface area contributed by atoms with E-state index < -0.39 is 0 Å². The first kappa shape index (κ1) is 16.2. The molecule has 0 aromatic carbocycles. The minimum absolute atomic E-state index is 0.151. The van der Waals surface area contributed by atoms with E-state index in [1.807, 2.05) is 6.92 Å². The number of carbonyl (C=O) groups excluding carboxylic acids is 2. The van der Waals surface area contributed by atoms with Crippen molar-refractivity contribution in [1.82, 2.24) is 0 Å². The van der Waals surface area contributed by atoms with Crippen LogP contribution in [0.15, 0.2) is 0 Å². The molecule has 1 aliphatic carbocycles. The Hall–Kier alpha value is -0.860. The Kier molecular flexibility index (Phi) is 5.57. The van der Waals surface area contributed by atoms with Crippen LogP contribution in [-0.2, 0) is 14.3 Å². The Bertz CT molecular complexity index is 319. The smallest absolute Gasteiger partial charge is 0.306 e. The molecule has 0 bridgehead atoms. The van der Waals surface area contributed by atoms with Crippen molar-refractivity contribution >= 4 is 11.8 Å². The molecule has 0 aliphatic heterocycles. The van der Waals surface area contributed by atoms with Crippen LogP contribution in [0, 0.1) is 23.2 Å². The van der Waals surface area contributed by atoms with E-state index >= 15 is 0 Å². The Morgan fingerprint density at radius 2 is 1.68 bits per heavy atom. The lowest BCUT2D eigenvalue weighted by Crippen LogP contribution is -2.31. The van der Waals surface area contributed by atoms with Gasteiger partial charge in [0.15, 0.2) is 0 Å². The van der Waals surface area contributed by atoms with E-state index in [4.69, 9.17) is 0 Å². The second-order valence-corrected chi connectivity index (χ2v) is 7.00. The summed E-state index contributed by atoms with van der Waals surface area (Å²) in [6.45, 7) is 8.67. The van der Waals surface area contributed by atoms with Gasteiger partial charge in [-0.05, 0) is 37.0 Å². The number of hydrogen-bond donors (Lipinski definition) is 0. The highest BCUT2D eigenvalue weighted by Gasteiger charge is 2.34. The summed E-state index contributed by atoms with van der Waals surface area (Å²) in [4.78, 5) is 23.5. The van der Waals surface area contributed by atoms with Gasteiger partial charge in [0.2, 0.25) is 0 Å². The number of rotatable bonds is 4. The molecule has 0 heterocycles. The molecule has 0 N–H and O–H groups in total. The zero-order valence-corrected chi connectivity index (χ0v) is 13.0. The molecule has 1 saturated carbocycles. The van der Waals surface area contributed by atoms with Crippen molar-refractivity contribution in [3.05, 3.63) is 0 Å². The average molecular weight is 268 g/mol. The number of carbonyl (C=O) groups is 2. The van der Waals surface area contributed by atoms with Crippen LogP contribution < -0.4 is 0 Å². The van der Waals surface area contributed by atoms with Crippen molar-refractivity contribution in [2.24, 2.45) is 23.2 Å². The summed E-state index contributed by atoms with van der Waals surface area (Å²) in [6, 6.07) is 0. The molecule has 0 spiro atoms. The second kappa shape index (κ2) is 6.53. The molecule has 3 heteroatoms. The molecule has 1 unspecified atom stereocenters. The number of ether oxygens (including phenoxy) is 1. The molecular formula is C16H28O3. The normalized spacial score (nSPS) is 25.7. The maximum absolute atomic E-state index is 12.3. The second-order valence-electron chi connectivity index (χ2n) is 7.00. The summed E-state index contributed by atoms with van der Waals surface area (Å²) in [7, 11) is 1.37. The van der Waals surface area contributed by atoms with Gasteiger partial charge in [-0.3, -0.25) is 9.59 Å². The van der Waals surface area contributed by atoms with Gasteiger partial charge in [0, 0.05) is 11.8 Å². The van der Waals surface area contributed by atoms with Gasteiger partial charge in [-0.25, -0.2) is 0 Å². The summed E-state index contributed by atoms with van der Waals surface area (Å²) >= 11 is 0. The standard InChI is InChI=1S/C16H28O3/c1-11(10-14(17)19-5)15(18)12-6-8-13(9-7-12)16(2,3)4/h11-13H,6-10H2,1-5H3. The van der Waals surface area contributed by atoms with Gasteiger partial charge in [-0.2, -0.15) is 0 Å². The lowest BCUT2D eigenvalue weighted by atomic mass is 9.68. The van der Waals surface area contributed by atoms with E-state index in [0.29, 0.717) is 11.3 Å². The first-order valence-electron chi connectivity index (χ1n) is 7.36. The van der Waals surface area contributed by atoms with Gasteiger partial charge >= 0.3 is 5.97 Å². The molecule has 1 aliphatic rings. The summed E-state index contributed by atoms with van der Waals surface area (Å²) in [5, 5.41) is 0. The molecule has 0 aromatic rings. The van der Waals surface area contributed by atoms with E-state index in [9.17, 15) is 9.59 Å². The summed E-state index contributed by atoms with van der Waals surface area (Å²) in [5.41, 5.74) is 0.339. The fourth-order valence-electron chi connectivity index (χ4n) is 3.08. The predicted molar refractivity (Wildman–Crippen MR) is 75.7 cm³/mol. The molecular weight excluding hydrogens is 240 g/mol. The van der Waals surface area contributed by atoms with E-state index in [0.717, 1.165) is 25.7 Å². The Morgan fingerprint density at radius 3 is 2.11 bits per heavy atom. The van der Waals surface area contributed by atoms with Gasteiger partial charge < -0.3 is 4.74 Å². The molecule has 0 saturated heterocycles. The van der Waals surface area contributed by atoms with E-state index in [1.54, 1.807) is 0 Å². The molecule has 0 aromatic heterocycles. The first-order chi connectivity index (χ1) is 8.75. The van der Waals surface area contributed by atoms with Crippen molar-refractivity contribution in [2.45, 2.75) is 59.8 Å². The largest absolute Gasteiger partial charge is 0.469 e. The van der Waals surface area contributed by atoms with Gasteiger partial charge in [0.1, 0.15) is 5.78 Å². The van der Waals surface area contributed by atoms with Crippen LogP contribution >= 0.6 is 0 Å². The molecule has 110 valence electrons. The molecule has 0 radical (unpaired) electrons. The van der Waals surface area contributed by atoms with Crippen LogP contribution in [0.4, 0.5) is 0 Å². The lowest BCUT2D eigenvalue weighted by Gasteiger charge is -2.37. The van der Waals surface area contributed by atoms with Crippen molar-refractivity contribution in [3.8, 4) is 0 Å². The minimum Gasteiger partial charge on any atom is -0.469 e. The fraction of sp³-hybridized carbons (Fsp3) is 0.875. The Balaban J connectivity index is 2.47. The van der Waals surface area contributed by atoms with E-state index in [-0.39, 0.29) is 30.0 Å². The summed E-state index contributed by atoms with van der Waals surface area (Å²) < 4.78 is 4.63. The monoisotopic (exact) mass is 268 g/mol. The zero-order valence-electron chi connectivity index (χ0n) is 13.0. The lowest BCUT2D eigenvalue weighted by molar-refractivity contribution is -0.144. The minimum atomic E-state index is -0.288. The van der Waals surface area contributed by atoms with Crippen molar-refractivity contribution in [1.29, 1.82) is 0 Å². The Morgan fingerprint density at radius 1 is 1.16 bits per heavy atom. The number of hydrogen-bond acceptors (Lipinski definition) is 3. The Labute approximate surface area is 117 Å². The number of methoxy groups -OCH3 is 1. The highest BCUT2D eigenvalue weighted by Crippen LogP contribution is 2.40. The molecule has 3 nitrogen and oxygen atoms in total. The van der Waals surface area contributed by atoms with Gasteiger partial charge in [-0.15, -0.1) is 0 Å². The average Bonchev–Trinajstić information content (AvgIpc) is 2.36. The zero-order chi connectivity index (χ0) is 14.6. The number of esters is 1. The third-order valence-corrected chi connectivity index (χ3v) is 4.54. The van der Waals surface area contributed by atoms with Crippen LogP contribution in [0.2, 0.25) is 0 Å². The van der Waals surface area contributed by atoms with Crippen molar-refractivity contribution in [2.75, 3.05) is 7.11 Å². The predicted octanol–water partition coefficient (Wildman–Crippen LogP) is 3.61. The molecule has 1 fully saturated rings. The van der Waals surface area contributed by atoms with Crippen LogP contribution in [0.25, 0.3) is 0 Å². The van der Waals surface area contributed by atoms with Crippen LogP contribution in [0.3, 0.4) is 0 Å². The van der Waals surface area contributed by atoms with Gasteiger partial charge in [-0.1, -0.05) is 27.7 Å². The first-order valence-corrected chi connectivity index (χ1v) is 7.36. The molecule has 1 atom stereocenters. The van der Waals surface area contributed by atoms with E-state index in [1.165, 1.54) is 7.11 Å². The van der Waals surface area contributed by atoms with Crippen LogP contribution in [0.1, 0.15) is 59.8 Å². The molecule has 0 amide bonds. The maximum atomic E-state index is 12.3. The van der Waals surface area contributed by atoms with Crippen molar-refractivity contribution < 1.29 is 14.3 Å². The van der Waals surface area contributed by atoms with Gasteiger partial charge in [0.25, 0.3) is 0 Å². The molecule has 1 rings (SSSR count). The van der Waals surface area contributed by atoms with Gasteiger partial charge in [0.05, 0.1) is 13.5 Å². The fourth-order valence-corrected chi connectivity index (χ4v) is 3.08. The number of Topliss-reactive ketones (excluding diaryl/α,β-unsaturated/α-hetero) is 1. The number of ketones is 1. The SMILES string of the molecule is COC(=O)CC(C)C(=O)C1CCC(C(C)(C)C)CC1. The highest BCUT2D eigenvalue weighted by atomic mass is 16.5. The third kappa shape index (κ3) is 4.63. The summed E-state index contributed by atoms with van der Waals surface area (Å²) in [6.07, 6.45) is 4.43. The van der Waals surface area contributed by atoms with Crippen molar-refractivity contribution in [3.63, 3.8) is 0 Å². The van der Waals surface area contributed by atoms with Crippen LogP contribution in [-0.4, -0.2) is 18.9 Å². The molecule has 19 heavy (non-hydrogen) atoms. The summed E-state index contributed by atoms with van der Waals surface area (Å²) in [5.74, 6) is 0.622. The quantitative estimate of drug-likeness (QED) is 0.732. The maximum Gasteiger partial charge on any atom is 0.306 e.